The largest absolute Gasteiger partial charge is 0.508 e. The van der Waals surface area contributed by atoms with Crippen molar-refractivity contribution in [3.63, 3.8) is 0 Å². The van der Waals surface area contributed by atoms with Crippen LogP contribution >= 0.6 is 0 Å². The highest BCUT2D eigenvalue weighted by molar-refractivity contribution is 6.02. The molecule has 2 atom stereocenters. The lowest BCUT2D eigenvalue weighted by Crippen LogP contribution is -2.50. The summed E-state index contributed by atoms with van der Waals surface area (Å²) in [6.45, 7) is 7.27. The number of rotatable bonds is 9. The second-order valence-electron chi connectivity index (χ2n) is 14.1. The van der Waals surface area contributed by atoms with Crippen LogP contribution in [0.1, 0.15) is 90.0 Å². The zero-order valence-electron chi connectivity index (χ0n) is 30.3. The molecule has 0 aliphatic carbocycles. The summed E-state index contributed by atoms with van der Waals surface area (Å²) in [5.41, 5.74) is 4.15. The van der Waals surface area contributed by atoms with E-state index in [-0.39, 0.29) is 64.7 Å². The number of likely N-dealkylation sites (tertiary alicyclic amines) is 1. The Morgan fingerprint density at radius 1 is 0.981 bits per heavy atom. The van der Waals surface area contributed by atoms with Gasteiger partial charge in [-0.15, -0.1) is 10.2 Å². The van der Waals surface area contributed by atoms with Crippen LogP contribution in [0.2, 0.25) is 0 Å². The van der Waals surface area contributed by atoms with Gasteiger partial charge < -0.3 is 25.7 Å². The van der Waals surface area contributed by atoms with Crippen molar-refractivity contribution < 1.29 is 34.2 Å². The van der Waals surface area contributed by atoms with Gasteiger partial charge in [-0.3, -0.25) is 38.8 Å². The number of carbonyl (C=O) groups excluding carboxylic acids is 5. The Morgan fingerprint density at radius 2 is 1.76 bits per heavy atom. The lowest BCUT2D eigenvalue weighted by Gasteiger charge is -2.29. The van der Waals surface area contributed by atoms with Gasteiger partial charge in [-0.2, -0.15) is 0 Å². The van der Waals surface area contributed by atoms with Crippen LogP contribution in [-0.2, 0) is 27.5 Å². The molecule has 280 valence electrons. The normalized spacial score (nSPS) is 18.5. The van der Waals surface area contributed by atoms with Gasteiger partial charge in [0.1, 0.15) is 17.5 Å². The third-order valence-corrected chi connectivity index (χ3v) is 10.3. The molecule has 0 radical (unpaired) electrons. The monoisotopic (exact) mass is 734 g/mol. The summed E-state index contributed by atoms with van der Waals surface area (Å²) in [7, 11) is 0. The third kappa shape index (κ3) is 6.77. The quantitative estimate of drug-likeness (QED) is 0.159. The number of aromatic hydroxyl groups is 2. The predicted molar refractivity (Wildman–Crippen MR) is 197 cm³/mol. The molecule has 15 heteroatoms. The van der Waals surface area contributed by atoms with Crippen LogP contribution in [0.15, 0.2) is 54.6 Å². The molecule has 2 saturated heterocycles. The van der Waals surface area contributed by atoms with Gasteiger partial charge in [-0.1, -0.05) is 26.0 Å². The molecule has 15 nitrogen and oxygen atoms in total. The fraction of sp³-hybridized carbons (Fsp3) is 0.359. The first-order valence-corrected chi connectivity index (χ1v) is 18.2. The van der Waals surface area contributed by atoms with Crippen molar-refractivity contribution in [3.05, 3.63) is 82.7 Å². The number of anilines is 1. The van der Waals surface area contributed by atoms with Crippen molar-refractivity contribution in [1.29, 1.82) is 0 Å². The molecule has 3 aliphatic rings. The smallest absolute Gasteiger partial charge is 0.289 e. The topological polar surface area (TPSA) is 199 Å². The van der Waals surface area contributed by atoms with Crippen molar-refractivity contribution >= 4 is 35.2 Å². The molecule has 3 aromatic carbocycles. The van der Waals surface area contributed by atoms with Crippen LogP contribution in [-0.4, -0.2) is 89.5 Å². The van der Waals surface area contributed by atoms with E-state index < -0.39 is 18.0 Å². The summed E-state index contributed by atoms with van der Waals surface area (Å²) in [6.07, 6.45) is 1.86. The van der Waals surface area contributed by atoms with Crippen LogP contribution in [0, 0.1) is 0 Å². The molecule has 7 rings (SSSR count). The van der Waals surface area contributed by atoms with Crippen LogP contribution in [0.5, 0.6) is 11.5 Å². The summed E-state index contributed by atoms with van der Waals surface area (Å²) in [4.78, 5) is 68.6. The van der Waals surface area contributed by atoms with Gasteiger partial charge >= 0.3 is 0 Å². The van der Waals surface area contributed by atoms with E-state index in [9.17, 15) is 34.2 Å². The Kier molecular flexibility index (Phi) is 9.90. The number of hydrogen-bond acceptors (Lipinski definition) is 10. The maximum absolute atomic E-state index is 13.9. The van der Waals surface area contributed by atoms with Gasteiger partial charge in [0.2, 0.25) is 23.5 Å². The number of piperidine rings is 1. The number of benzene rings is 3. The van der Waals surface area contributed by atoms with Crippen LogP contribution in [0.3, 0.4) is 0 Å². The van der Waals surface area contributed by atoms with Crippen LogP contribution in [0.4, 0.5) is 5.69 Å². The lowest BCUT2D eigenvalue weighted by atomic mass is 9.98. The van der Waals surface area contributed by atoms with E-state index in [1.54, 1.807) is 42.2 Å². The van der Waals surface area contributed by atoms with Crippen molar-refractivity contribution in [3.8, 4) is 28.6 Å². The van der Waals surface area contributed by atoms with E-state index in [2.05, 4.69) is 26.1 Å². The molecule has 4 aromatic rings. The second-order valence-corrected chi connectivity index (χ2v) is 14.1. The summed E-state index contributed by atoms with van der Waals surface area (Å²) in [5, 5.41) is 37.9. The molecule has 54 heavy (non-hydrogen) atoms. The summed E-state index contributed by atoms with van der Waals surface area (Å²) in [5.74, 6) is -1.95. The van der Waals surface area contributed by atoms with Crippen LogP contribution < -0.4 is 16.0 Å². The molecule has 0 spiro atoms. The molecule has 1 unspecified atom stereocenters. The van der Waals surface area contributed by atoms with Gasteiger partial charge in [-0.25, -0.2) is 0 Å². The maximum Gasteiger partial charge on any atom is 0.289 e. The average molecular weight is 735 g/mol. The fourth-order valence-corrected chi connectivity index (χ4v) is 7.56. The number of phenolic OH excluding ortho intramolecular Hbond substituents is 2. The van der Waals surface area contributed by atoms with E-state index in [0.29, 0.717) is 67.9 Å². The number of phenols is 2. The van der Waals surface area contributed by atoms with Gasteiger partial charge in [0.05, 0.1) is 11.6 Å². The number of nitrogens with one attached hydrogen (secondary N) is 3. The molecule has 4 heterocycles. The number of nitrogens with zero attached hydrogens (tertiary/aromatic N) is 5. The molecule has 2 fully saturated rings. The third-order valence-electron chi connectivity index (χ3n) is 10.3. The van der Waals surface area contributed by atoms with Gasteiger partial charge in [0, 0.05) is 55.6 Å². The maximum atomic E-state index is 13.9. The zero-order valence-corrected chi connectivity index (χ0v) is 30.3. The number of amides is 5. The zero-order chi connectivity index (χ0) is 38.3. The summed E-state index contributed by atoms with van der Waals surface area (Å²) < 4.78 is 1.49. The first-order valence-electron chi connectivity index (χ1n) is 18.2. The summed E-state index contributed by atoms with van der Waals surface area (Å²) >= 11 is 0. The molecule has 0 saturated carbocycles. The highest BCUT2D eigenvalue weighted by Crippen LogP contribution is 2.38. The molecule has 0 bridgehead atoms. The van der Waals surface area contributed by atoms with Gasteiger partial charge in [0.15, 0.2) is 5.82 Å². The first-order chi connectivity index (χ1) is 25.9. The van der Waals surface area contributed by atoms with Gasteiger partial charge in [0.25, 0.3) is 11.8 Å². The highest BCUT2D eigenvalue weighted by atomic mass is 16.3. The van der Waals surface area contributed by atoms with Crippen molar-refractivity contribution in [2.45, 2.75) is 77.5 Å². The van der Waals surface area contributed by atoms with Crippen molar-refractivity contribution in [2.75, 3.05) is 18.4 Å². The van der Waals surface area contributed by atoms with E-state index in [1.807, 2.05) is 36.9 Å². The van der Waals surface area contributed by atoms with E-state index in [4.69, 9.17) is 0 Å². The summed E-state index contributed by atoms with van der Waals surface area (Å²) in [6, 6.07) is 13.9. The molecule has 3 aliphatic heterocycles. The Bertz CT molecular complexity index is 2160. The predicted octanol–water partition coefficient (Wildman–Crippen LogP) is 3.58. The fourth-order valence-electron chi connectivity index (χ4n) is 7.56. The number of fused-ring (bicyclic) bond motifs is 1. The lowest BCUT2D eigenvalue weighted by molar-refractivity contribution is -0.137. The van der Waals surface area contributed by atoms with Crippen molar-refractivity contribution in [1.82, 2.24) is 35.2 Å². The molecule has 1 aromatic heterocycles. The van der Waals surface area contributed by atoms with E-state index in [1.165, 1.54) is 10.6 Å². The Labute approximate surface area is 311 Å². The minimum absolute atomic E-state index is 0.0339. The Balaban J connectivity index is 1.11. The van der Waals surface area contributed by atoms with Crippen molar-refractivity contribution in [2.24, 2.45) is 0 Å². The number of aromatic nitrogens is 3. The number of carbonyl (C=O) groups is 5. The molecule has 5 amide bonds. The van der Waals surface area contributed by atoms with Gasteiger partial charge in [-0.05, 0) is 85.2 Å². The first kappa shape index (κ1) is 36.3. The highest BCUT2D eigenvalue weighted by Gasteiger charge is 2.38. The molecular weight excluding hydrogens is 692 g/mol. The average Bonchev–Trinajstić information content (AvgIpc) is 3.91. The SMILES string of the molecule is CCNC(=O)c1nnc(-c2cc(C(C)C)c(O)cc2O)n1-c1ccc(C(=O)N2CCC[C@H]2C(=O)Nc2cccc3c2CN(C2CCC(=O)NC2=O)C3)cc1. The molecule has 5 N–H and O–H groups in total. The minimum atomic E-state index is -0.706. The van der Waals surface area contributed by atoms with E-state index >= 15 is 0 Å². The Morgan fingerprint density at radius 3 is 2.48 bits per heavy atom. The Hall–Kier alpha value is -6.09. The standard InChI is InChI=1S/C39H42N8O7/c1-4-40-38(53)35-44-43-34(26-17-25(21(2)3)31(48)18-32(26)49)47(35)24-12-10-22(11-13-24)39(54)46-16-6-9-30(46)37(52)41-28-8-5-7-23-19-45(20-27(23)28)29-14-15-33(50)42-36(29)51/h5,7-8,10-13,17-18,21,29-30,48-49H,4,6,9,14-16,19-20H2,1-3H3,(H,40,53)(H,41,52)(H,42,50,51)/t29?,30-/m0/s1. The number of hydrogen-bond donors (Lipinski definition) is 5. The molecular formula is C39H42N8O7. The number of imide groups is 1. The van der Waals surface area contributed by atoms with Crippen LogP contribution in [0.25, 0.3) is 17.1 Å². The van der Waals surface area contributed by atoms with E-state index in [0.717, 1.165) is 11.1 Å². The minimum Gasteiger partial charge on any atom is -0.508 e. The second kappa shape index (κ2) is 14.7.